The van der Waals surface area contributed by atoms with Gasteiger partial charge in [-0.3, -0.25) is 10.1 Å². The lowest BCUT2D eigenvalue weighted by Crippen LogP contribution is -2.10. The highest BCUT2D eigenvalue weighted by molar-refractivity contribution is 9.11. The first-order valence-corrected chi connectivity index (χ1v) is 8.24. The smallest absolute Gasteiger partial charge is 0.269 e. The quantitative estimate of drug-likeness (QED) is 0.302. The molecule has 0 aromatic heterocycles. The van der Waals surface area contributed by atoms with Gasteiger partial charge in [-0.1, -0.05) is 23.9 Å². The van der Waals surface area contributed by atoms with E-state index in [-0.39, 0.29) is 5.69 Å². The number of nitrogens with zero attached hydrogens (tertiary/aromatic N) is 4. The zero-order chi connectivity index (χ0) is 16.4. The molecular formula is C15H11BrN4O2S. The first-order chi connectivity index (χ1) is 11.1. The number of non-ortho nitro benzene ring substituents is 1. The molecule has 0 bridgehead atoms. The van der Waals surface area contributed by atoms with Crippen molar-refractivity contribution in [1.29, 1.82) is 0 Å². The Morgan fingerprint density at radius 3 is 2.57 bits per heavy atom. The molecule has 0 saturated carbocycles. The summed E-state index contributed by atoms with van der Waals surface area (Å²) in [6, 6.07) is 14.0. The zero-order valence-corrected chi connectivity index (χ0v) is 14.4. The summed E-state index contributed by atoms with van der Waals surface area (Å²) in [5.41, 5.74) is 1.70. The van der Waals surface area contributed by atoms with Gasteiger partial charge in [-0.25, -0.2) is 0 Å². The van der Waals surface area contributed by atoms with E-state index in [9.17, 15) is 10.1 Å². The van der Waals surface area contributed by atoms with Gasteiger partial charge in [-0.15, -0.1) is 10.2 Å². The third-order valence-electron chi connectivity index (χ3n) is 3.23. The van der Waals surface area contributed by atoms with Crippen LogP contribution in [-0.4, -0.2) is 12.0 Å². The average Bonchev–Trinajstić information content (AvgIpc) is 2.90. The molecule has 0 aliphatic carbocycles. The van der Waals surface area contributed by atoms with Gasteiger partial charge in [-0.05, 0) is 40.2 Å². The molecular weight excluding hydrogens is 380 g/mol. The molecule has 0 spiro atoms. The third kappa shape index (κ3) is 3.27. The van der Waals surface area contributed by atoms with Crippen molar-refractivity contribution in [1.82, 2.24) is 0 Å². The number of anilines is 1. The van der Waals surface area contributed by atoms with Crippen LogP contribution in [0.2, 0.25) is 0 Å². The number of thioether (sulfide) groups is 1. The van der Waals surface area contributed by atoms with Crippen molar-refractivity contribution in [2.24, 2.45) is 10.2 Å². The molecule has 2 aromatic rings. The van der Waals surface area contributed by atoms with E-state index < -0.39 is 4.92 Å². The normalized spacial score (nSPS) is 15.8. The van der Waals surface area contributed by atoms with E-state index in [2.05, 4.69) is 32.2 Å². The highest BCUT2D eigenvalue weighted by atomic mass is 79.9. The summed E-state index contributed by atoms with van der Waals surface area (Å²) in [6.07, 6.45) is 0. The fourth-order valence-electron chi connectivity index (χ4n) is 2.07. The Kier molecular flexibility index (Phi) is 4.44. The molecule has 6 nitrogen and oxygen atoms in total. The maximum atomic E-state index is 10.6. The number of hydrogen-bond acceptors (Lipinski definition) is 6. The monoisotopic (exact) mass is 390 g/mol. The Morgan fingerprint density at radius 1 is 1.22 bits per heavy atom. The Labute approximate surface area is 145 Å². The van der Waals surface area contributed by atoms with Crippen molar-refractivity contribution in [2.45, 2.75) is 4.90 Å². The lowest BCUT2D eigenvalue weighted by atomic mass is 10.3. The second kappa shape index (κ2) is 6.51. The Balaban J connectivity index is 1.81. The second-order valence-electron chi connectivity index (χ2n) is 4.70. The van der Waals surface area contributed by atoms with Gasteiger partial charge < -0.3 is 4.90 Å². The average molecular weight is 391 g/mol. The number of nitro groups is 1. The molecule has 2 aromatic carbocycles. The maximum absolute atomic E-state index is 10.6. The van der Waals surface area contributed by atoms with Crippen LogP contribution in [0.15, 0.2) is 73.3 Å². The minimum atomic E-state index is -0.444. The van der Waals surface area contributed by atoms with Gasteiger partial charge in [0.2, 0.25) is 0 Å². The van der Waals surface area contributed by atoms with Gasteiger partial charge in [0.15, 0.2) is 4.61 Å². The van der Waals surface area contributed by atoms with Crippen LogP contribution in [-0.2, 0) is 0 Å². The molecule has 0 amide bonds. The molecule has 8 heteroatoms. The zero-order valence-electron chi connectivity index (χ0n) is 12.0. The fraction of sp³-hybridized carbons (Fsp3) is 0.0667. The van der Waals surface area contributed by atoms with Gasteiger partial charge in [0, 0.05) is 24.1 Å². The Morgan fingerprint density at radius 2 is 1.91 bits per heavy atom. The van der Waals surface area contributed by atoms with Gasteiger partial charge in [0.1, 0.15) is 5.03 Å². The number of benzene rings is 2. The van der Waals surface area contributed by atoms with E-state index in [1.165, 1.54) is 12.1 Å². The molecule has 0 unspecified atom stereocenters. The van der Waals surface area contributed by atoms with E-state index in [0.717, 1.165) is 15.6 Å². The van der Waals surface area contributed by atoms with Crippen LogP contribution in [0, 0.1) is 10.1 Å². The molecule has 0 fully saturated rings. The van der Waals surface area contributed by atoms with Crippen LogP contribution in [0.25, 0.3) is 0 Å². The number of halogens is 1. The number of fused-ring (bicyclic) bond motifs is 1. The van der Waals surface area contributed by atoms with Crippen molar-refractivity contribution in [3.63, 3.8) is 0 Å². The van der Waals surface area contributed by atoms with Crippen LogP contribution < -0.4 is 4.90 Å². The molecule has 0 radical (unpaired) electrons. The predicted octanol–water partition coefficient (Wildman–Crippen LogP) is 5.44. The molecule has 1 aliphatic heterocycles. The minimum Gasteiger partial charge on any atom is -0.336 e. The Bertz CT molecular complexity index is 820. The van der Waals surface area contributed by atoms with Crippen LogP contribution in [0.1, 0.15) is 0 Å². The van der Waals surface area contributed by atoms with E-state index in [4.69, 9.17) is 0 Å². The minimum absolute atomic E-state index is 0.0305. The van der Waals surface area contributed by atoms with Gasteiger partial charge in [-0.2, -0.15) is 0 Å². The van der Waals surface area contributed by atoms with Crippen LogP contribution in [0.5, 0.6) is 0 Å². The lowest BCUT2D eigenvalue weighted by Gasteiger charge is -2.13. The molecule has 0 saturated heterocycles. The van der Waals surface area contributed by atoms with E-state index in [1.54, 1.807) is 23.9 Å². The summed E-state index contributed by atoms with van der Waals surface area (Å²) < 4.78 is 0.611. The van der Waals surface area contributed by atoms with Crippen LogP contribution in [0.3, 0.4) is 0 Å². The molecule has 1 heterocycles. The lowest BCUT2D eigenvalue weighted by molar-refractivity contribution is -0.384. The Hall–Kier alpha value is -2.19. The highest BCUT2D eigenvalue weighted by Gasteiger charge is 2.24. The van der Waals surface area contributed by atoms with Crippen molar-refractivity contribution in [3.05, 3.63) is 68.3 Å². The van der Waals surface area contributed by atoms with Crippen LogP contribution in [0.4, 0.5) is 17.1 Å². The summed E-state index contributed by atoms with van der Waals surface area (Å²) in [7, 11) is 1.97. The summed E-state index contributed by atoms with van der Waals surface area (Å²) >= 11 is 5.06. The van der Waals surface area contributed by atoms with Crippen molar-refractivity contribution < 1.29 is 4.92 Å². The summed E-state index contributed by atoms with van der Waals surface area (Å²) in [6.45, 7) is 0. The van der Waals surface area contributed by atoms with Gasteiger partial charge in [0.25, 0.3) is 5.69 Å². The van der Waals surface area contributed by atoms with Crippen LogP contribution >= 0.6 is 27.7 Å². The van der Waals surface area contributed by atoms with Crippen molar-refractivity contribution in [2.75, 3.05) is 11.9 Å². The SMILES string of the molecule is CN1/C(=C(\Br)N=Nc2ccc([N+](=O)[O-])cc2)Sc2ccccc21. The van der Waals surface area contributed by atoms with Gasteiger partial charge in [0.05, 0.1) is 16.3 Å². The van der Waals surface area contributed by atoms with Crippen molar-refractivity contribution in [3.8, 4) is 0 Å². The largest absolute Gasteiger partial charge is 0.336 e. The fourth-order valence-corrected chi connectivity index (χ4v) is 3.68. The number of hydrogen-bond donors (Lipinski definition) is 0. The van der Waals surface area contributed by atoms with Gasteiger partial charge >= 0.3 is 0 Å². The third-order valence-corrected chi connectivity index (χ3v) is 5.25. The summed E-state index contributed by atoms with van der Waals surface area (Å²) in [4.78, 5) is 13.4. The summed E-state index contributed by atoms with van der Waals surface area (Å²) in [5.74, 6) is 0. The number of azo groups is 1. The van der Waals surface area contributed by atoms with E-state index in [0.29, 0.717) is 10.3 Å². The maximum Gasteiger partial charge on any atom is 0.269 e. The first kappa shape index (κ1) is 15.7. The first-order valence-electron chi connectivity index (χ1n) is 6.63. The molecule has 0 atom stereocenters. The molecule has 116 valence electrons. The second-order valence-corrected chi connectivity index (χ2v) is 6.48. The number of rotatable bonds is 3. The molecule has 23 heavy (non-hydrogen) atoms. The number of para-hydroxylation sites is 1. The molecule has 0 N–H and O–H groups in total. The predicted molar refractivity (Wildman–Crippen MR) is 94.3 cm³/mol. The molecule has 1 aliphatic rings. The standard InChI is InChI=1S/C15H11BrN4O2S/c1-19-12-4-2-3-5-13(12)23-15(19)14(16)18-17-10-6-8-11(9-7-10)20(21)22/h2-9H,1H3/b15-14-,18-17?. The summed E-state index contributed by atoms with van der Waals surface area (Å²) in [5, 5.41) is 19.8. The van der Waals surface area contributed by atoms with E-state index in [1.807, 2.05) is 30.1 Å². The topological polar surface area (TPSA) is 71.1 Å². The van der Waals surface area contributed by atoms with E-state index >= 15 is 0 Å². The highest BCUT2D eigenvalue weighted by Crippen LogP contribution is 2.47. The molecule has 3 rings (SSSR count). The van der Waals surface area contributed by atoms with Crippen molar-refractivity contribution >= 4 is 44.8 Å². The number of nitro benzene ring substituents is 1.